The fourth-order valence-electron chi connectivity index (χ4n) is 2.41. The average Bonchev–Trinajstić information content (AvgIpc) is 2.77. The van der Waals surface area contributed by atoms with E-state index in [4.69, 9.17) is 5.73 Å². The number of aromatic nitrogens is 4. The fraction of sp³-hybridized carbons (Fsp3) is 0.545. The van der Waals surface area contributed by atoms with E-state index in [1.807, 2.05) is 0 Å². The van der Waals surface area contributed by atoms with Crippen molar-refractivity contribution in [1.82, 2.24) is 24.5 Å². The highest BCUT2D eigenvalue weighted by molar-refractivity contribution is 5.25. The molecular weight excluding hydrogens is 232 g/mol. The summed E-state index contributed by atoms with van der Waals surface area (Å²) in [5.41, 5.74) is 6.56. The van der Waals surface area contributed by atoms with Crippen molar-refractivity contribution in [2.75, 3.05) is 13.1 Å². The lowest BCUT2D eigenvalue weighted by atomic mass is 10.1. The van der Waals surface area contributed by atoms with Crippen LogP contribution in [0, 0.1) is 0 Å². The van der Waals surface area contributed by atoms with Gasteiger partial charge in [0, 0.05) is 25.2 Å². The second-order valence-electron chi connectivity index (χ2n) is 4.75. The largest absolute Gasteiger partial charge is 0.327 e. The molecule has 2 aromatic heterocycles. The molecule has 0 radical (unpaired) electrons. The summed E-state index contributed by atoms with van der Waals surface area (Å²) in [5, 5.41) is 2.72. The predicted molar refractivity (Wildman–Crippen MR) is 66.1 cm³/mol. The molecule has 0 bridgehead atoms. The summed E-state index contributed by atoms with van der Waals surface area (Å²) >= 11 is 0. The zero-order chi connectivity index (χ0) is 12.5. The predicted octanol–water partition coefficient (Wildman–Crippen LogP) is -0.659. The van der Waals surface area contributed by atoms with Gasteiger partial charge < -0.3 is 5.73 Å². The Kier molecular flexibility index (Phi) is 2.85. The Bertz CT molecular complexity index is 603. The lowest BCUT2D eigenvalue weighted by Crippen LogP contribution is -2.42. The van der Waals surface area contributed by atoms with E-state index in [1.54, 1.807) is 6.07 Å². The van der Waals surface area contributed by atoms with Gasteiger partial charge in [-0.3, -0.25) is 14.8 Å². The summed E-state index contributed by atoms with van der Waals surface area (Å²) in [4.78, 5) is 22.4. The molecule has 0 unspecified atom stereocenters. The highest BCUT2D eigenvalue weighted by Crippen LogP contribution is 2.10. The van der Waals surface area contributed by atoms with Crippen LogP contribution in [0.4, 0.5) is 0 Å². The van der Waals surface area contributed by atoms with Crippen molar-refractivity contribution in [3.05, 3.63) is 28.4 Å². The molecule has 0 saturated carbocycles. The van der Waals surface area contributed by atoms with Crippen LogP contribution >= 0.6 is 0 Å². The lowest BCUT2D eigenvalue weighted by molar-refractivity contribution is 0.199. The Labute approximate surface area is 104 Å². The standard InChI is InChI=1S/C11H16N6O/c12-8-2-1-3-16(5-8)6-9-4-10(18)17-11(15-9)13-7-14-17/h4,7-8H,1-3,5-6,12H2,(H,13,14,15)/t8-/m1/s1. The van der Waals surface area contributed by atoms with Gasteiger partial charge in [-0.15, -0.1) is 0 Å². The molecule has 3 rings (SSSR count). The van der Waals surface area contributed by atoms with Crippen molar-refractivity contribution in [3.8, 4) is 0 Å². The molecule has 2 aromatic rings. The molecule has 1 saturated heterocycles. The van der Waals surface area contributed by atoms with Crippen molar-refractivity contribution in [3.63, 3.8) is 0 Å². The van der Waals surface area contributed by atoms with E-state index in [1.165, 1.54) is 10.8 Å². The molecule has 3 N–H and O–H groups in total. The van der Waals surface area contributed by atoms with Crippen molar-refractivity contribution in [2.24, 2.45) is 5.73 Å². The first kappa shape index (κ1) is 11.4. The summed E-state index contributed by atoms with van der Waals surface area (Å²) in [6.45, 7) is 2.53. The van der Waals surface area contributed by atoms with Crippen LogP contribution in [-0.2, 0) is 6.54 Å². The molecule has 0 amide bonds. The Balaban J connectivity index is 1.83. The SMILES string of the molecule is N[C@@H]1CCCN(Cc2cc(=O)n3[nH]cnc3n2)C1. The van der Waals surface area contributed by atoms with Crippen LogP contribution in [0.15, 0.2) is 17.2 Å². The second-order valence-corrected chi connectivity index (χ2v) is 4.75. The summed E-state index contributed by atoms with van der Waals surface area (Å²) < 4.78 is 1.32. The summed E-state index contributed by atoms with van der Waals surface area (Å²) in [7, 11) is 0. The summed E-state index contributed by atoms with van der Waals surface area (Å²) in [5.74, 6) is 0.416. The zero-order valence-corrected chi connectivity index (χ0v) is 10.0. The van der Waals surface area contributed by atoms with Gasteiger partial charge in [-0.25, -0.2) is 9.97 Å². The smallest absolute Gasteiger partial charge is 0.274 e. The molecule has 7 nitrogen and oxygen atoms in total. The van der Waals surface area contributed by atoms with Crippen LogP contribution in [0.2, 0.25) is 0 Å². The first-order chi connectivity index (χ1) is 8.72. The van der Waals surface area contributed by atoms with E-state index in [2.05, 4.69) is 20.0 Å². The first-order valence-electron chi connectivity index (χ1n) is 6.12. The highest BCUT2D eigenvalue weighted by Gasteiger charge is 2.17. The zero-order valence-electron chi connectivity index (χ0n) is 10.0. The molecule has 1 atom stereocenters. The third-order valence-corrected chi connectivity index (χ3v) is 3.25. The van der Waals surface area contributed by atoms with E-state index < -0.39 is 0 Å². The fourth-order valence-corrected chi connectivity index (χ4v) is 2.41. The van der Waals surface area contributed by atoms with Crippen LogP contribution in [0.3, 0.4) is 0 Å². The number of piperidine rings is 1. The van der Waals surface area contributed by atoms with E-state index in [9.17, 15) is 4.79 Å². The minimum Gasteiger partial charge on any atom is -0.327 e. The van der Waals surface area contributed by atoms with E-state index in [0.29, 0.717) is 12.3 Å². The molecule has 18 heavy (non-hydrogen) atoms. The van der Waals surface area contributed by atoms with Crippen LogP contribution in [0.1, 0.15) is 18.5 Å². The number of nitrogens with zero attached hydrogens (tertiary/aromatic N) is 4. The quantitative estimate of drug-likeness (QED) is 0.736. The van der Waals surface area contributed by atoms with Crippen molar-refractivity contribution in [2.45, 2.75) is 25.4 Å². The molecular formula is C11H16N6O. The molecule has 1 fully saturated rings. The van der Waals surface area contributed by atoms with Gasteiger partial charge in [-0.05, 0) is 19.4 Å². The second kappa shape index (κ2) is 4.51. The van der Waals surface area contributed by atoms with E-state index >= 15 is 0 Å². The van der Waals surface area contributed by atoms with Gasteiger partial charge in [-0.1, -0.05) is 0 Å². The Morgan fingerprint density at radius 1 is 1.56 bits per heavy atom. The van der Waals surface area contributed by atoms with Gasteiger partial charge in [0.25, 0.3) is 11.3 Å². The van der Waals surface area contributed by atoms with E-state index in [-0.39, 0.29) is 11.6 Å². The number of hydrogen-bond acceptors (Lipinski definition) is 5. The number of hydrogen-bond donors (Lipinski definition) is 2. The van der Waals surface area contributed by atoms with Crippen LogP contribution in [0.25, 0.3) is 5.78 Å². The van der Waals surface area contributed by atoms with E-state index in [0.717, 1.165) is 31.6 Å². The minimum atomic E-state index is -0.131. The number of aromatic amines is 1. The topological polar surface area (TPSA) is 92.3 Å². The maximum absolute atomic E-state index is 11.8. The van der Waals surface area contributed by atoms with Gasteiger partial charge in [0.1, 0.15) is 6.33 Å². The van der Waals surface area contributed by atoms with Crippen LogP contribution in [-0.4, -0.2) is 43.6 Å². The normalized spacial score (nSPS) is 21.5. The van der Waals surface area contributed by atoms with Crippen molar-refractivity contribution < 1.29 is 0 Å². The molecule has 96 valence electrons. The van der Waals surface area contributed by atoms with Crippen molar-refractivity contribution in [1.29, 1.82) is 0 Å². The van der Waals surface area contributed by atoms with Crippen molar-refractivity contribution >= 4 is 5.78 Å². The Morgan fingerprint density at radius 2 is 2.44 bits per heavy atom. The first-order valence-corrected chi connectivity index (χ1v) is 6.12. The summed E-state index contributed by atoms with van der Waals surface area (Å²) in [6, 6.07) is 1.78. The Morgan fingerprint density at radius 3 is 3.28 bits per heavy atom. The summed E-state index contributed by atoms with van der Waals surface area (Å²) in [6.07, 6.45) is 3.64. The van der Waals surface area contributed by atoms with Gasteiger partial charge in [0.15, 0.2) is 0 Å². The number of nitrogens with one attached hydrogen (secondary N) is 1. The molecule has 0 aromatic carbocycles. The highest BCUT2D eigenvalue weighted by atomic mass is 16.1. The molecule has 1 aliphatic rings. The minimum absolute atomic E-state index is 0.131. The molecule has 1 aliphatic heterocycles. The van der Waals surface area contributed by atoms with Gasteiger partial charge in [0.05, 0.1) is 5.69 Å². The monoisotopic (exact) mass is 248 g/mol. The number of nitrogens with two attached hydrogens (primary N) is 1. The maximum Gasteiger partial charge on any atom is 0.274 e. The third-order valence-electron chi connectivity index (χ3n) is 3.25. The number of H-pyrrole nitrogens is 1. The number of fused-ring (bicyclic) bond motifs is 1. The van der Waals surface area contributed by atoms with Gasteiger partial charge >= 0.3 is 0 Å². The number of rotatable bonds is 2. The molecule has 3 heterocycles. The van der Waals surface area contributed by atoms with Crippen LogP contribution in [0.5, 0.6) is 0 Å². The maximum atomic E-state index is 11.8. The van der Waals surface area contributed by atoms with Crippen LogP contribution < -0.4 is 11.3 Å². The average molecular weight is 248 g/mol. The van der Waals surface area contributed by atoms with Gasteiger partial charge in [-0.2, -0.15) is 4.52 Å². The lowest BCUT2D eigenvalue weighted by Gasteiger charge is -2.30. The Hall–Kier alpha value is -1.73. The molecule has 7 heteroatoms. The molecule has 0 aliphatic carbocycles. The van der Waals surface area contributed by atoms with Gasteiger partial charge in [0.2, 0.25) is 0 Å². The number of likely N-dealkylation sites (tertiary alicyclic amines) is 1. The molecule has 0 spiro atoms. The third kappa shape index (κ3) is 2.14.